The SMILES string of the molecule is CCc1ccc(NC(=O)CN(c2cc(Cl)ccc2OC)S(=O)(=O)c2ccc(C)c([N+](=O)[O-])c2)cc1. The number of benzene rings is 3. The number of carbonyl (C=O) groups excluding carboxylic acids is 1. The first-order chi connectivity index (χ1) is 16.6. The average Bonchev–Trinajstić information content (AvgIpc) is 2.82. The molecule has 3 aromatic rings. The minimum atomic E-state index is -4.44. The molecule has 0 fully saturated rings. The van der Waals surface area contributed by atoms with E-state index < -0.39 is 27.4 Å². The number of amides is 1. The van der Waals surface area contributed by atoms with E-state index in [2.05, 4.69) is 5.32 Å². The Kier molecular flexibility index (Phi) is 7.98. The number of sulfonamides is 1. The van der Waals surface area contributed by atoms with E-state index in [1.165, 1.54) is 44.4 Å². The highest BCUT2D eigenvalue weighted by atomic mass is 35.5. The molecule has 0 bridgehead atoms. The van der Waals surface area contributed by atoms with Crippen LogP contribution < -0.4 is 14.4 Å². The van der Waals surface area contributed by atoms with Crippen LogP contribution in [0.2, 0.25) is 5.02 Å². The van der Waals surface area contributed by atoms with Gasteiger partial charge in [-0.05, 0) is 55.3 Å². The van der Waals surface area contributed by atoms with Gasteiger partial charge in [-0.1, -0.05) is 36.7 Å². The second-order valence-electron chi connectivity index (χ2n) is 7.63. The number of methoxy groups -OCH3 is 1. The third-order valence-corrected chi connectivity index (χ3v) is 7.30. The average molecular weight is 518 g/mol. The van der Waals surface area contributed by atoms with Gasteiger partial charge in [0.15, 0.2) is 0 Å². The van der Waals surface area contributed by atoms with E-state index in [0.29, 0.717) is 11.3 Å². The summed E-state index contributed by atoms with van der Waals surface area (Å²) in [6.07, 6.45) is 0.831. The fourth-order valence-corrected chi connectivity index (χ4v) is 5.00. The van der Waals surface area contributed by atoms with Gasteiger partial charge in [-0.3, -0.25) is 19.2 Å². The number of nitrogens with one attached hydrogen (secondary N) is 1. The summed E-state index contributed by atoms with van der Waals surface area (Å²) in [5.41, 5.74) is 1.53. The lowest BCUT2D eigenvalue weighted by Crippen LogP contribution is -2.38. The van der Waals surface area contributed by atoms with E-state index in [1.54, 1.807) is 12.1 Å². The predicted octanol–water partition coefficient (Wildman–Crippen LogP) is 4.96. The van der Waals surface area contributed by atoms with Crippen molar-refractivity contribution in [2.24, 2.45) is 0 Å². The highest BCUT2D eigenvalue weighted by Gasteiger charge is 2.31. The maximum absolute atomic E-state index is 13.7. The molecule has 1 amide bonds. The molecule has 0 unspecified atom stereocenters. The predicted molar refractivity (Wildman–Crippen MR) is 135 cm³/mol. The Morgan fingerprint density at radius 3 is 2.40 bits per heavy atom. The fourth-order valence-electron chi connectivity index (χ4n) is 3.39. The first kappa shape index (κ1) is 26.0. The number of ether oxygens (including phenoxy) is 1. The molecule has 0 atom stereocenters. The number of carbonyl (C=O) groups is 1. The number of hydrogen-bond acceptors (Lipinski definition) is 6. The Bertz CT molecular complexity index is 1360. The molecule has 0 aliphatic carbocycles. The van der Waals surface area contributed by atoms with Crippen molar-refractivity contribution < 1.29 is 22.9 Å². The standard InChI is InChI=1S/C24H24ClN3O6S/c1-4-17-6-9-19(10-7-17)26-24(29)15-27(22-13-18(25)8-12-23(22)34-3)35(32,33)20-11-5-16(2)21(14-20)28(30)31/h5-14H,4,15H2,1-3H3,(H,26,29). The lowest BCUT2D eigenvalue weighted by atomic mass is 10.1. The summed E-state index contributed by atoms with van der Waals surface area (Å²) >= 11 is 6.13. The zero-order valence-corrected chi connectivity index (χ0v) is 20.9. The smallest absolute Gasteiger partial charge is 0.273 e. The summed E-state index contributed by atoms with van der Waals surface area (Å²) in [5.74, 6) is -0.471. The van der Waals surface area contributed by atoms with Crippen LogP contribution in [0.15, 0.2) is 65.6 Å². The van der Waals surface area contributed by atoms with E-state index in [4.69, 9.17) is 16.3 Å². The number of aryl methyl sites for hydroxylation is 2. The Balaban J connectivity index is 2.06. The van der Waals surface area contributed by atoms with Crippen LogP contribution in [0.25, 0.3) is 0 Å². The maximum Gasteiger partial charge on any atom is 0.273 e. The molecule has 11 heteroatoms. The van der Waals surface area contributed by atoms with Crippen LogP contribution in [0.1, 0.15) is 18.1 Å². The van der Waals surface area contributed by atoms with Crippen LogP contribution in [-0.4, -0.2) is 32.9 Å². The minimum absolute atomic E-state index is 0.0136. The van der Waals surface area contributed by atoms with Crippen molar-refractivity contribution in [1.82, 2.24) is 0 Å². The lowest BCUT2D eigenvalue weighted by molar-refractivity contribution is -0.385. The van der Waals surface area contributed by atoms with E-state index in [-0.39, 0.29) is 27.0 Å². The second kappa shape index (κ2) is 10.7. The summed E-state index contributed by atoms with van der Waals surface area (Å²) < 4.78 is 33.5. The maximum atomic E-state index is 13.7. The van der Waals surface area contributed by atoms with Gasteiger partial charge in [-0.25, -0.2) is 8.42 Å². The Morgan fingerprint density at radius 2 is 1.80 bits per heavy atom. The van der Waals surface area contributed by atoms with Gasteiger partial charge in [-0.2, -0.15) is 0 Å². The quantitative estimate of drug-likeness (QED) is 0.316. The molecule has 35 heavy (non-hydrogen) atoms. The number of nitrogens with zero attached hydrogens (tertiary/aromatic N) is 2. The van der Waals surface area contributed by atoms with Gasteiger partial charge in [0.05, 0.1) is 22.6 Å². The molecule has 0 aliphatic rings. The van der Waals surface area contributed by atoms with E-state index in [9.17, 15) is 23.3 Å². The molecular formula is C24H24ClN3O6S. The zero-order valence-electron chi connectivity index (χ0n) is 19.3. The third kappa shape index (κ3) is 5.90. The highest BCUT2D eigenvalue weighted by molar-refractivity contribution is 7.92. The van der Waals surface area contributed by atoms with E-state index >= 15 is 0 Å². The van der Waals surface area contributed by atoms with Crippen molar-refractivity contribution in [3.05, 3.63) is 86.9 Å². The van der Waals surface area contributed by atoms with Crippen LogP contribution in [0.5, 0.6) is 5.75 Å². The molecule has 1 N–H and O–H groups in total. The number of rotatable bonds is 9. The van der Waals surface area contributed by atoms with Crippen molar-refractivity contribution in [2.45, 2.75) is 25.2 Å². The normalized spacial score (nSPS) is 11.1. The van der Waals surface area contributed by atoms with E-state index in [0.717, 1.165) is 22.4 Å². The largest absolute Gasteiger partial charge is 0.495 e. The van der Waals surface area contributed by atoms with Crippen LogP contribution in [0.3, 0.4) is 0 Å². The van der Waals surface area contributed by atoms with Gasteiger partial charge in [0, 0.05) is 22.3 Å². The van der Waals surface area contributed by atoms with Crippen LogP contribution >= 0.6 is 11.6 Å². The Labute approximate surface area is 208 Å². The van der Waals surface area contributed by atoms with Gasteiger partial charge in [-0.15, -0.1) is 0 Å². The molecule has 0 aliphatic heterocycles. The monoisotopic (exact) mass is 517 g/mol. The molecule has 3 aromatic carbocycles. The summed E-state index contributed by atoms with van der Waals surface area (Å²) in [6.45, 7) is 2.88. The molecule has 0 saturated heterocycles. The van der Waals surface area contributed by atoms with E-state index in [1.807, 2.05) is 19.1 Å². The third-order valence-electron chi connectivity index (χ3n) is 5.31. The summed E-state index contributed by atoms with van der Waals surface area (Å²) in [4.78, 5) is 23.3. The summed E-state index contributed by atoms with van der Waals surface area (Å²) in [6, 6.07) is 15.1. The molecule has 9 nitrogen and oxygen atoms in total. The summed E-state index contributed by atoms with van der Waals surface area (Å²) in [7, 11) is -3.09. The van der Waals surface area contributed by atoms with Crippen LogP contribution in [0.4, 0.5) is 17.1 Å². The van der Waals surface area contributed by atoms with Crippen LogP contribution in [-0.2, 0) is 21.2 Å². The van der Waals surface area contributed by atoms with Gasteiger partial charge in [0.2, 0.25) is 5.91 Å². The molecule has 184 valence electrons. The molecule has 3 rings (SSSR count). The number of nitro groups is 1. The molecule has 0 aromatic heterocycles. The molecule has 0 heterocycles. The first-order valence-electron chi connectivity index (χ1n) is 10.6. The van der Waals surface area contributed by atoms with Crippen molar-refractivity contribution >= 4 is 44.6 Å². The number of nitro benzene ring substituents is 1. The molecule has 0 spiro atoms. The Hall–Kier alpha value is -3.63. The van der Waals surface area contributed by atoms with Crippen molar-refractivity contribution in [3.63, 3.8) is 0 Å². The molecular weight excluding hydrogens is 494 g/mol. The fraction of sp³-hybridized carbons (Fsp3) is 0.208. The number of halogens is 1. The Morgan fingerprint density at radius 1 is 1.11 bits per heavy atom. The zero-order chi connectivity index (χ0) is 25.8. The second-order valence-corrected chi connectivity index (χ2v) is 9.93. The lowest BCUT2D eigenvalue weighted by Gasteiger charge is -2.26. The van der Waals surface area contributed by atoms with Crippen LogP contribution in [0, 0.1) is 17.0 Å². The van der Waals surface area contributed by atoms with Gasteiger partial charge in [0.25, 0.3) is 15.7 Å². The molecule has 0 radical (unpaired) electrons. The van der Waals surface area contributed by atoms with Crippen molar-refractivity contribution in [1.29, 1.82) is 0 Å². The van der Waals surface area contributed by atoms with Gasteiger partial charge >= 0.3 is 0 Å². The summed E-state index contributed by atoms with van der Waals surface area (Å²) in [5, 5.41) is 14.3. The van der Waals surface area contributed by atoms with Gasteiger partial charge < -0.3 is 10.1 Å². The number of anilines is 2. The number of hydrogen-bond donors (Lipinski definition) is 1. The minimum Gasteiger partial charge on any atom is -0.495 e. The first-order valence-corrected chi connectivity index (χ1v) is 12.4. The van der Waals surface area contributed by atoms with Crippen molar-refractivity contribution in [2.75, 3.05) is 23.3 Å². The molecule has 0 saturated carbocycles. The van der Waals surface area contributed by atoms with Crippen molar-refractivity contribution in [3.8, 4) is 5.75 Å². The van der Waals surface area contributed by atoms with Gasteiger partial charge in [0.1, 0.15) is 12.3 Å². The highest BCUT2D eigenvalue weighted by Crippen LogP contribution is 2.35. The topological polar surface area (TPSA) is 119 Å².